The summed E-state index contributed by atoms with van der Waals surface area (Å²) >= 11 is 1.25. The second kappa shape index (κ2) is 13.2. The maximum atomic E-state index is 13.8. The number of halogens is 1. The third-order valence-corrected chi connectivity index (χ3v) is 6.52. The maximum absolute atomic E-state index is 13.8. The van der Waals surface area contributed by atoms with Gasteiger partial charge in [0, 0.05) is 16.1 Å². The van der Waals surface area contributed by atoms with E-state index in [1.54, 1.807) is 72.8 Å². The molecule has 4 rings (SSSR count). The molecule has 3 amide bonds. The number of hydrogen-bond donors (Lipinski definition) is 3. The zero-order valence-corrected chi connectivity index (χ0v) is 21.9. The normalized spacial score (nSPS) is 11.0. The van der Waals surface area contributed by atoms with Gasteiger partial charge in [0.05, 0.1) is 11.4 Å². The summed E-state index contributed by atoms with van der Waals surface area (Å²) in [5.74, 6) is -1.72. The Bertz CT molecular complexity index is 1510. The first-order chi connectivity index (χ1) is 18.9. The van der Waals surface area contributed by atoms with Gasteiger partial charge < -0.3 is 16.0 Å². The number of carbonyl (C=O) groups excluding carboxylic acids is 3. The molecule has 0 fully saturated rings. The van der Waals surface area contributed by atoms with Crippen molar-refractivity contribution < 1.29 is 18.8 Å². The lowest BCUT2D eigenvalue weighted by molar-refractivity contribution is -0.114. The summed E-state index contributed by atoms with van der Waals surface area (Å²) in [5.41, 5.74) is 2.94. The summed E-state index contributed by atoms with van der Waals surface area (Å²) in [6.45, 7) is 1.97. The lowest BCUT2D eigenvalue weighted by Crippen LogP contribution is -2.30. The average Bonchev–Trinajstić information content (AvgIpc) is 2.94. The van der Waals surface area contributed by atoms with E-state index in [9.17, 15) is 18.8 Å². The van der Waals surface area contributed by atoms with E-state index in [0.717, 1.165) is 16.0 Å². The zero-order chi connectivity index (χ0) is 27.6. The molecular formula is C31H26FN3O3S. The molecule has 0 aliphatic carbocycles. The number of rotatable bonds is 9. The summed E-state index contributed by atoms with van der Waals surface area (Å²) in [5, 5.41) is 8.09. The van der Waals surface area contributed by atoms with E-state index in [2.05, 4.69) is 16.0 Å². The van der Waals surface area contributed by atoms with Crippen molar-refractivity contribution in [3.63, 3.8) is 0 Å². The van der Waals surface area contributed by atoms with Gasteiger partial charge in [-0.25, -0.2) is 4.39 Å². The van der Waals surface area contributed by atoms with Crippen molar-refractivity contribution in [3.8, 4) is 0 Å². The molecule has 0 atom stereocenters. The highest BCUT2D eigenvalue weighted by Crippen LogP contribution is 2.23. The summed E-state index contributed by atoms with van der Waals surface area (Å²) in [6.07, 6.45) is 1.61. The van der Waals surface area contributed by atoms with Crippen molar-refractivity contribution in [3.05, 3.63) is 131 Å². The van der Waals surface area contributed by atoms with E-state index in [-0.39, 0.29) is 23.0 Å². The first-order valence-corrected chi connectivity index (χ1v) is 13.1. The van der Waals surface area contributed by atoms with E-state index in [1.165, 1.54) is 23.9 Å². The fourth-order valence-corrected chi connectivity index (χ4v) is 4.29. The number of nitrogens with one attached hydrogen (secondary N) is 3. The Hall–Kier alpha value is -4.69. The van der Waals surface area contributed by atoms with E-state index in [1.807, 2.05) is 31.2 Å². The van der Waals surface area contributed by atoms with Crippen LogP contribution in [0.2, 0.25) is 0 Å². The highest BCUT2D eigenvalue weighted by molar-refractivity contribution is 8.00. The Morgan fingerprint density at radius 3 is 2.28 bits per heavy atom. The lowest BCUT2D eigenvalue weighted by Gasteiger charge is -2.12. The van der Waals surface area contributed by atoms with Crippen LogP contribution in [-0.2, 0) is 9.59 Å². The largest absolute Gasteiger partial charge is 0.323 e. The van der Waals surface area contributed by atoms with Crippen LogP contribution in [0, 0.1) is 12.7 Å². The second-order valence-electron chi connectivity index (χ2n) is 8.59. The first-order valence-electron chi connectivity index (χ1n) is 12.1. The fourth-order valence-electron chi connectivity index (χ4n) is 3.53. The first kappa shape index (κ1) is 27.3. The highest BCUT2D eigenvalue weighted by atomic mass is 32.2. The van der Waals surface area contributed by atoms with Gasteiger partial charge in [-0.1, -0.05) is 66.2 Å². The number of anilines is 2. The molecule has 0 unspecified atom stereocenters. The van der Waals surface area contributed by atoms with Crippen molar-refractivity contribution >= 4 is 46.9 Å². The van der Waals surface area contributed by atoms with Crippen LogP contribution >= 0.6 is 11.8 Å². The van der Waals surface area contributed by atoms with Crippen LogP contribution in [-0.4, -0.2) is 23.5 Å². The van der Waals surface area contributed by atoms with Crippen LogP contribution in [0.25, 0.3) is 6.08 Å². The standard InChI is InChI=1S/C31H26FN3O3S/c1-21-14-16-22(17-15-21)18-28(35-30(37)23-8-3-2-4-9-23)31(38)33-24-10-7-11-25(19-24)39-20-29(36)34-27-13-6-5-12-26(27)32/h2-19H,20H2,1H3,(H,33,38)(H,34,36)(H,35,37)/b28-18-. The third kappa shape index (κ3) is 8.15. The van der Waals surface area contributed by atoms with Crippen LogP contribution < -0.4 is 16.0 Å². The highest BCUT2D eigenvalue weighted by Gasteiger charge is 2.15. The van der Waals surface area contributed by atoms with Gasteiger partial charge in [-0.3, -0.25) is 14.4 Å². The Kier molecular flexibility index (Phi) is 9.26. The Morgan fingerprint density at radius 1 is 0.821 bits per heavy atom. The minimum Gasteiger partial charge on any atom is -0.323 e. The zero-order valence-electron chi connectivity index (χ0n) is 21.1. The summed E-state index contributed by atoms with van der Waals surface area (Å²) in [4.78, 5) is 39.1. The molecule has 4 aromatic carbocycles. The number of carbonyl (C=O) groups is 3. The van der Waals surface area contributed by atoms with Gasteiger partial charge in [-0.05, 0) is 61.0 Å². The van der Waals surface area contributed by atoms with Gasteiger partial charge in [0.1, 0.15) is 11.5 Å². The topological polar surface area (TPSA) is 87.3 Å². The molecule has 0 aliphatic heterocycles. The van der Waals surface area contributed by atoms with Gasteiger partial charge >= 0.3 is 0 Å². The molecule has 8 heteroatoms. The monoisotopic (exact) mass is 539 g/mol. The number of thioether (sulfide) groups is 1. The van der Waals surface area contributed by atoms with Gasteiger partial charge in [-0.15, -0.1) is 11.8 Å². The van der Waals surface area contributed by atoms with E-state index >= 15 is 0 Å². The maximum Gasteiger partial charge on any atom is 0.272 e. The second-order valence-corrected chi connectivity index (χ2v) is 9.64. The van der Waals surface area contributed by atoms with E-state index in [4.69, 9.17) is 0 Å². The van der Waals surface area contributed by atoms with Gasteiger partial charge in [-0.2, -0.15) is 0 Å². The van der Waals surface area contributed by atoms with Crippen LogP contribution in [0.15, 0.2) is 114 Å². The average molecular weight is 540 g/mol. The molecule has 6 nitrogen and oxygen atoms in total. The minimum absolute atomic E-state index is 0.0530. The number of para-hydroxylation sites is 1. The number of benzene rings is 4. The molecule has 0 aliphatic rings. The molecule has 0 spiro atoms. The van der Waals surface area contributed by atoms with Crippen LogP contribution in [0.4, 0.5) is 15.8 Å². The molecule has 0 heterocycles. The molecule has 0 radical (unpaired) electrons. The summed E-state index contributed by atoms with van der Waals surface area (Å²) < 4.78 is 13.8. The van der Waals surface area contributed by atoms with Gasteiger partial charge in [0.15, 0.2) is 0 Å². The van der Waals surface area contributed by atoms with Crippen LogP contribution in [0.3, 0.4) is 0 Å². The lowest BCUT2D eigenvalue weighted by atomic mass is 10.1. The van der Waals surface area contributed by atoms with Crippen molar-refractivity contribution in [1.82, 2.24) is 5.32 Å². The molecule has 3 N–H and O–H groups in total. The molecule has 4 aromatic rings. The van der Waals surface area contributed by atoms with Crippen LogP contribution in [0.5, 0.6) is 0 Å². The third-order valence-electron chi connectivity index (χ3n) is 5.53. The number of hydrogen-bond acceptors (Lipinski definition) is 4. The predicted molar refractivity (Wildman–Crippen MR) is 154 cm³/mol. The molecule has 196 valence electrons. The van der Waals surface area contributed by atoms with Crippen LogP contribution in [0.1, 0.15) is 21.5 Å². The molecular weight excluding hydrogens is 513 g/mol. The van der Waals surface area contributed by atoms with E-state index in [0.29, 0.717) is 11.3 Å². The number of aryl methyl sites for hydroxylation is 1. The predicted octanol–water partition coefficient (Wildman–Crippen LogP) is 6.27. The minimum atomic E-state index is -0.505. The summed E-state index contributed by atoms with van der Waals surface area (Å²) in [7, 11) is 0. The molecule has 39 heavy (non-hydrogen) atoms. The molecule has 0 aromatic heterocycles. The molecule has 0 saturated heterocycles. The van der Waals surface area contributed by atoms with Crippen molar-refractivity contribution in [2.75, 3.05) is 16.4 Å². The quantitative estimate of drug-likeness (QED) is 0.173. The molecule has 0 bridgehead atoms. The number of amides is 3. The Morgan fingerprint density at radius 2 is 1.54 bits per heavy atom. The Balaban J connectivity index is 1.45. The Labute approximate surface area is 230 Å². The van der Waals surface area contributed by atoms with Crippen molar-refractivity contribution in [2.45, 2.75) is 11.8 Å². The van der Waals surface area contributed by atoms with E-state index < -0.39 is 17.6 Å². The SMILES string of the molecule is Cc1ccc(/C=C(\NC(=O)c2ccccc2)C(=O)Nc2cccc(SCC(=O)Nc3ccccc3F)c2)cc1. The fraction of sp³-hybridized carbons (Fsp3) is 0.0645. The van der Waals surface area contributed by atoms with Gasteiger partial charge in [0.25, 0.3) is 11.8 Å². The smallest absolute Gasteiger partial charge is 0.272 e. The van der Waals surface area contributed by atoms with Gasteiger partial charge in [0.2, 0.25) is 5.91 Å². The van der Waals surface area contributed by atoms with Crippen molar-refractivity contribution in [2.24, 2.45) is 0 Å². The van der Waals surface area contributed by atoms with Crippen molar-refractivity contribution in [1.29, 1.82) is 0 Å². The summed E-state index contributed by atoms with van der Waals surface area (Å²) in [6, 6.07) is 29.1. The molecule has 0 saturated carbocycles.